The Hall–Kier alpha value is -3.91. The number of hydrogen-bond donors (Lipinski definition) is 2. The first-order valence-corrected chi connectivity index (χ1v) is 12.7. The molecule has 1 aromatic heterocycles. The first-order chi connectivity index (χ1) is 17.3. The number of carbonyl (C=O) groups is 2. The largest absolute Gasteiger partial charge is 0.345 e. The summed E-state index contributed by atoms with van der Waals surface area (Å²) in [5.74, 6) is 0.451. The molecule has 0 saturated heterocycles. The Morgan fingerprint density at radius 1 is 0.861 bits per heavy atom. The third-order valence-electron chi connectivity index (χ3n) is 5.89. The van der Waals surface area contributed by atoms with E-state index in [9.17, 15) is 9.59 Å². The molecule has 0 aliphatic rings. The standard InChI is InChI=1S/C28H29N5O2S/c1-18-10-11-20(3)24(14-18)30-26(34)17-36-28-32-31-25(33(28)23-8-6-5-7-9-23)16-29-27(35)22-13-12-19(2)21(4)15-22/h5-15H,16-17H2,1-4H3,(H,29,35)(H,30,34). The van der Waals surface area contributed by atoms with Gasteiger partial charge in [-0.15, -0.1) is 10.2 Å². The van der Waals surface area contributed by atoms with Gasteiger partial charge in [-0.2, -0.15) is 0 Å². The van der Waals surface area contributed by atoms with Gasteiger partial charge in [0, 0.05) is 16.9 Å². The fourth-order valence-corrected chi connectivity index (χ4v) is 4.45. The highest BCUT2D eigenvalue weighted by atomic mass is 32.2. The number of nitrogens with one attached hydrogen (secondary N) is 2. The Labute approximate surface area is 215 Å². The molecule has 36 heavy (non-hydrogen) atoms. The molecule has 0 bridgehead atoms. The Morgan fingerprint density at radius 2 is 1.61 bits per heavy atom. The molecule has 2 N–H and O–H groups in total. The lowest BCUT2D eigenvalue weighted by atomic mass is 10.1. The fourth-order valence-electron chi connectivity index (χ4n) is 3.68. The summed E-state index contributed by atoms with van der Waals surface area (Å²) in [6.07, 6.45) is 0. The summed E-state index contributed by atoms with van der Waals surface area (Å²) in [7, 11) is 0. The number of carbonyl (C=O) groups excluding carboxylic acids is 2. The summed E-state index contributed by atoms with van der Waals surface area (Å²) in [6, 6.07) is 21.3. The normalized spacial score (nSPS) is 10.8. The van der Waals surface area contributed by atoms with Crippen LogP contribution in [0, 0.1) is 27.7 Å². The number of para-hydroxylation sites is 1. The number of aryl methyl sites for hydroxylation is 4. The number of amides is 2. The van der Waals surface area contributed by atoms with E-state index in [1.807, 2.05) is 99.0 Å². The monoisotopic (exact) mass is 499 g/mol. The summed E-state index contributed by atoms with van der Waals surface area (Å²) in [4.78, 5) is 25.4. The molecular weight excluding hydrogens is 470 g/mol. The number of rotatable bonds is 8. The van der Waals surface area contributed by atoms with Crippen molar-refractivity contribution in [2.24, 2.45) is 0 Å². The third-order valence-corrected chi connectivity index (χ3v) is 6.82. The predicted molar refractivity (Wildman–Crippen MR) is 144 cm³/mol. The lowest BCUT2D eigenvalue weighted by molar-refractivity contribution is -0.113. The van der Waals surface area contributed by atoms with Crippen molar-refractivity contribution in [2.45, 2.75) is 39.4 Å². The van der Waals surface area contributed by atoms with Gasteiger partial charge in [0.2, 0.25) is 5.91 Å². The molecule has 0 spiro atoms. The highest BCUT2D eigenvalue weighted by Gasteiger charge is 2.17. The molecule has 0 aliphatic heterocycles. The molecule has 1 heterocycles. The summed E-state index contributed by atoms with van der Waals surface area (Å²) < 4.78 is 1.87. The molecule has 0 aliphatic carbocycles. The van der Waals surface area contributed by atoms with Gasteiger partial charge in [-0.1, -0.05) is 48.2 Å². The van der Waals surface area contributed by atoms with Crippen LogP contribution in [-0.4, -0.2) is 32.3 Å². The Morgan fingerprint density at radius 3 is 2.36 bits per heavy atom. The van der Waals surface area contributed by atoms with E-state index in [-0.39, 0.29) is 24.1 Å². The van der Waals surface area contributed by atoms with Crippen molar-refractivity contribution >= 4 is 29.3 Å². The van der Waals surface area contributed by atoms with Gasteiger partial charge in [0.05, 0.1) is 12.3 Å². The van der Waals surface area contributed by atoms with E-state index >= 15 is 0 Å². The topological polar surface area (TPSA) is 88.9 Å². The van der Waals surface area contributed by atoms with Crippen molar-refractivity contribution in [3.8, 4) is 5.69 Å². The molecule has 3 aromatic carbocycles. The van der Waals surface area contributed by atoms with Crippen molar-refractivity contribution in [3.05, 3.63) is 100 Å². The van der Waals surface area contributed by atoms with E-state index in [2.05, 4.69) is 20.8 Å². The second-order valence-corrected chi connectivity index (χ2v) is 9.65. The fraction of sp³-hybridized carbons (Fsp3) is 0.214. The molecule has 0 saturated carbocycles. The summed E-state index contributed by atoms with van der Waals surface area (Å²) in [5.41, 5.74) is 6.55. The van der Waals surface area contributed by atoms with E-state index in [0.29, 0.717) is 16.5 Å². The maximum atomic E-state index is 12.7. The van der Waals surface area contributed by atoms with E-state index < -0.39 is 0 Å². The Kier molecular flexibility index (Phi) is 7.85. The number of benzene rings is 3. The van der Waals surface area contributed by atoms with E-state index in [1.165, 1.54) is 11.8 Å². The summed E-state index contributed by atoms with van der Waals surface area (Å²) >= 11 is 1.30. The number of aromatic nitrogens is 3. The highest BCUT2D eigenvalue weighted by molar-refractivity contribution is 7.99. The molecule has 8 heteroatoms. The first-order valence-electron chi connectivity index (χ1n) is 11.7. The minimum Gasteiger partial charge on any atom is -0.345 e. The zero-order valence-electron chi connectivity index (χ0n) is 20.8. The van der Waals surface area contributed by atoms with Crippen LogP contribution >= 0.6 is 11.8 Å². The van der Waals surface area contributed by atoms with Crippen LogP contribution in [0.5, 0.6) is 0 Å². The van der Waals surface area contributed by atoms with Gasteiger partial charge >= 0.3 is 0 Å². The van der Waals surface area contributed by atoms with Crippen LogP contribution in [0.4, 0.5) is 5.69 Å². The van der Waals surface area contributed by atoms with E-state index in [0.717, 1.165) is 33.6 Å². The smallest absolute Gasteiger partial charge is 0.251 e. The summed E-state index contributed by atoms with van der Waals surface area (Å²) in [5, 5.41) is 15.1. The number of hydrogen-bond acceptors (Lipinski definition) is 5. The van der Waals surface area contributed by atoms with Crippen LogP contribution in [0.15, 0.2) is 71.9 Å². The van der Waals surface area contributed by atoms with Gasteiger partial charge < -0.3 is 10.6 Å². The molecular formula is C28H29N5O2S. The minimum atomic E-state index is -0.178. The zero-order chi connectivity index (χ0) is 25.7. The average Bonchev–Trinajstić information content (AvgIpc) is 3.28. The van der Waals surface area contributed by atoms with Gasteiger partial charge in [0.1, 0.15) is 0 Å². The number of thioether (sulfide) groups is 1. The molecule has 184 valence electrons. The van der Waals surface area contributed by atoms with Crippen LogP contribution in [0.3, 0.4) is 0 Å². The molecule has 7 nitrogen and oxygen atoms in total. The van der Waals surface area contributed by atoms with Gasteiger partial charge in [0.25, 0.3) is 5.91 Å². The number of nitrogens with zero attached hydrogens (tertiary/aromatic N) is 3. The average molecular weight is 500 g/mol. The van der Waals surface area contributed by atoms with Gasteiger partial charge in [-0.3, -0.25) is 14.2 Å². The van der Waals surface area contributed by atoms with Crippen molar-refractivity contribution in [1.82, 2.24) is 20.1 Å². The minimum absolute atomic E-state index is 0.124. The SMILES string of the molecule is Cc1ccc(C)c(NC(=O)CSc2nnc(CNC(=O)c3ccc(C)c(C)c3)n2-c2ccccc2)c1. The second kappa shape index (κ2) is 11.2. The lowest BCUT2D eigenvalue weighted by Crippen LogP contribution is -2.24. The molecule has 4 aromatic rings. The van der Waals surface area contributed by atoms with Crippen LogP contribution in [0.1, 0.15) is 38.4 Å². The predicted octanol–water partition coefficient (Wildman–Crippen LogP) is 5.16. The molecule has 0 radical (unpaired) electrons. The van der Waals surface area contributed by atoms with Crippen LogP contribution < -0.4 is 10.6 Å². The number of anilines is 1. The quantitative estimate of drug-likeness (QED) is 0.327. The van der Waals surface area contributed by atoms with Crippen LogP contribution in [0.25, 0.3) is 5.69 Å². The second-order valence-electron chi connectivity index (χ2n) is 8.71. The Balaban J connectivity index is 1.49. The van der Waals surface area contributed by atoms with E-state index in [4.69, 9.17) is 0 Å². The van der Waals surface area contributed by atoms with Gasteiger partial charge in [-0.25, -0.2) is 0 Å². The zero-order valence-corrected chi connectivity index (χ0v) is 21.6. The van der Waals surface area contributed by atoms with E-state index in [1.54, 1.807) is 0 Å². The molecule has 0 unspecified atom stereocenters. The lowest BCUT2D eigenvalue weighted by Gasteiger charge is -2.12. The van der Waals surface area contributed by atoms with Crippen LogP contribution in [0.2, 0.25) is 0 Å². The van der Waals surface area contributed by atoms with Crippen molar-refractivity contribution < 1.29 is 9.59 Å². The molecule has 2 amide bonds. The Bertz CT molecular complexity index is 1400. The van der Waals surface area contributed by atoms with Crippen LogP contribution in [-0.2, 0) is 11.3 Å². The van der Waals surface area contributed by atoms with Crippen molar-refractivity contribution in [2.75, 3.05) is 11.1 Å². The maximum Gasteiger partial charge on any atom is 0.251 e. The first kappa shape index (κ1) is 25.2. The van der Waals surface area contributed by atoms with Gasteiger partial charge in [-0.05, 0) is 80.3 Å². The van der Waals surface area contributed by atoms with Gasteiger partial charge in [0.15, 0.2) is 11.0 Å². The maximum absolute atomic E-state index is 12.7. The molecule has 4 rings (SSSR count). The highest BCUT2D eigenvalue weighted by Crippen LogP contribution is 2.23. The van der Waals surface area contributed by atoms with Crippen molar-refractivity contribution in [1.29, 1.82) is 0 Å². The summed E-state index contributed by atoms with van der Waals surface area (Å²) in [6.45, 7) is 8.15. The molecule has 0 atom stereocenters. The third kappa shape index (κ3) is 6.01. The molecule has 0 fully saturated rings. The van der Waals surface area contributed by atoms with Crippen molar-refractivity contribution in [3.63, 3.8) is 0 Å².